The highest BCUT2D eigenvalue weighted by Crippen LogP contribution is 2.22. The first-order valence-electron chi connectivity index (χ1n) is 6.00. The first kappa shape index (κ1) is 12.0. The summed E-state index contributed by atoms with van der Waals surface area (Å²) in [5.41, 5.74) is 1.03. The van der Waals surface area contributed by atoms with Crippen LogP contribution in [0.2, 0.25) is 0 Å². The second kappa shape index (κ2) is 4.84. The van der Waals surface area contributed by atoms with Gasteiger partial charge in [-0.1, -0.05) is 0 Å². The average Bonchev–Trinajstić information content (AvgIpc) is 2.43. The lowest BCUT2D eigenvalue weighted by molar-refractivity contribution is -0.135. The van der Waals surface area contributed by atoms with Crippen LogP contribution >= 0.6 is 0 Å². The molecule has 1 fully saturated rings. The van der Waals surface area contributed by atoms with Crippen LogP contribution in [0.5, 0.6) is 0 Å². The number of pyridine rings is 1. The van der Waals surface area contributed by atoms with Crippen molar-refractivity contribution in [1.29, 1.82) is 0 Å². The minimum Gasteiger partial charge on any atom is -0.332 e. The van der Waals surface area contributed by atoms with E-state index >= 15 is 0 Å². The van der Waals surface area contributed by atoms with Gasteiger partial charge in [0.15, 0.2) is 0 Å². The zero-order valence-corrected chi connectivity index (χ0v) is 10.4. The number of nitrogens with one attached hydrogen (secondary N) is 1. The number of carbonyl (C=O) groups excluding carboxylic acids is 1. The maximum Gasteiger partial charge on any atom is 0.237 e. The van der Waals surface area contributed by atoms with Gasteiger partial charge in [-0.3, -0.25) is 9.78 Å². The number of nitrogens with zero attached hydrogens (tertiary/aromatic N) is 2. The highest BCUT2D eigenvalue weighted by Gasteiger charge is 2.32. The molecule has 1 aromatic heterocycles. The number of carbonyl (C=O) groups is 1. The number of hydrogen-bond acceptors (Lipinski definition) is 3. The molecule has 1 aromatic rings. The van der Waals surface area contributed by atoms with Crippen LogP contribution in [0.4, 0.5) is 0 Å². The fourth-order valence-electron chi connectivity index (χ4n) is 2.13. The van der Waals surface area contributed by atoms with Gasteiger partial charge in [0.2, 0.25) is 5.91 Å². The Hall–Kier alpha value is -1.42. The van der Waals surface area contributed by atoms with Crippen molar-refractivity contribution in [2.45, 2.75) is 32.4 Å². The molecule has 2 rings (SSSR count). The van der Waals surface area contributed by atoms with Crippen molar-refractivity contribution in [1.82, 2.24) is 15.2 Å². The molecule has 0 bridgehead atoms. The number of hydrogen-bond donors (Lipinski definition) is 1. The van der Waals surface area contributed by atoms with E-state index in [0.717, 1.165) is 18.5 Å². The Morgan fingerprint density at radius 2 is 2.12 bits per heavy atom. The predicted molar refractivity (Wildman–Crippen MR) is 66.4 cm³/mol. The van der Waals surface area contributed by atoms with Crippen molar-refractivity contribution < 1.29 is 4.79 Å². The summed E-state index contributed by atoms with van der Waals surface area (Å²) in [5.74, 6) is 0.171. The summed E-state index contributed by atoms with van der Waals surface area (Å²) in [4.78, 5) is 18.0. The van der Waals surface area contributed by atoms with Crippen LogP contribution in [0.3, 0.4) is 0 Å². The molecule has 1 N–H and O–H groups in total. The molecule has 92 valence electrons. The Labute approximate surface area is 102 Å². The van der Waals surface area contributed by atoms with Crippen LogP contribution < -0.4 is 5.32 Å². The lowest BCUT2D eigenvalue weighted by atomic mass is 9.98. The quantitative estimate of drug-likeness (QED) is 0.834. The summed E-state index contributed by atoms with van der Waals surface area (Å²) >= 11 is 0. The van der Waals surface area contributed by atoms with E-state index < -0.39 is 0 Å². The second-order valence-electron chi connectivity index (χ2n) is 5.07. The molecule has 0 aromatic carbocycles. The van der Waals surface area contributed by atoms with Gasteiger partial charge in [-0.05, 0) is 44.5 Å². The Bertz CT molecular complexity index is 389. The average molecular weight is 233 g/mol. The monoisotopic (exact) mass is 233 g/mol. The Morgan fingerprint density at radius 1 is 1.41 bits per heavy atom. The number of aromatic nitrogens is 1. The minimum absolute atomic E-state index is 0.0934. The van der Waals surface area contributed by atoms with E-state index in [1.807, 2.05) is 17.0 Å². The zero-order valence-electron chi connectivity index (χ0n) is 10.4. The molecule has 0 aliphatic carbocycles. The molecule has 1 amide bonds. The summed E-state index contributed by atoms with van der Waals surface area (Å²) in [7, 11) is 0. The minimum atomic E-state index is -0.0934. The van der Waals surface area contributed by atoms with Crippen LogP contribution in [0.1, 0.15) is 25.8 Å². The van der Waals surface area contributed by atoms with E-state index in [4.69, 9.17) is 0 Å². The molecule has 4 nitrogen and oxygen atoms in total. The van der Waals surface area contributed by atoms with Crippen molar-refractivity contribution >= 4 is 5.91 Å². The van der Waals surface area contributed by atoms with E-state index in [1.54, 1.807) is 12.4 Å². The summed E-state index contributed by atoms with van der Waals surface area (Å²) in [6, 6.07) is 3.92. The number of amides is 1. The van der Waals surface area contributed by atoms with Gasteiger partial charge in [-0.25, -0.2) is 0 Å². The Kier molecular flexibility index (Phi) is 3.43. The van der Waals surface area contributed by atoms with Crippen molar-refractivity contribution in [2.24, 2.45) is 0 Å². The van der Waals surface area contributed by atoms with Gasteiger partial charge in [0, 0.05) is 24.5 Å². The maximum atomic E-state index is 12.1. The third-order valence-electron chi connectivity index (χ3n) is 3.31. The Morgan fingerprint density at radius 3 is 2.82 bits per heavy atom. The third-order valence-corrected chi connectivity index (χ3v) is 3.31. The molecule has 1 aliphatic heterocycles. The summed E-state index contributed by atoms with van der Waals surface area (Å²) < 4.78 is 0. The summed E-state index contributed by atoms with van der Waals surface area (Å²) in [5, 5.41) is 3.16. The lowest BCUT2D eigenvalue weighted by Crippen LogP contribution is -2.47. The van der Waals surface area contributed by atoms with Gasteiger partial charge < -0.3 is 10.2 Å². The normalized spacial score (nSPS) is 20.1. The van der Waals surface area contributed by atoms with Crippen molar-refractivity contribution in [3.05, 3.63) is 30.1 Å². The summed E-state index contributed by atoms with van der Waals surface area (Å²) in [6.45, 7) is 6.24. The van der Waals surface area contributed by atoms with Crippen molar-refractivity contribution in [3.63, 3.8) is 0 Å². The molecule has 0 radical (unpaired) electrons. The summed E-state index contributed by atoms with van der Waals surface area (Å²) in [6.07, 6.45) is 4.51. The van der Waals surface area contributed by atoms with E-state index in [1.165, 1.54) is 0 Å². The molecule has 1 saturated heterocycles. The molecule has 1 aliphatic rings. The molecule has 2 heterocycles. The Balaban J connectivity index is 2.18. The predicted octanol–water partition coefficient (Wildman–Crippen LogP) is 1.18. The van der Waals surface area contributed by atoms with Gasteiger partial charge in [0.05, 0.1) is 6.54 Å². The fourth-order valence-corrected chi connectivity index (χ4v) is 2.13. The molecular formula is C13H19N3O. The molecule has 17 heavy (non-hydrogen) atoms. The first-order valence-corrected chi connectivity index (χ1v) is 6.00. The van der Waals surface area contributed by atoms with E-state index in [0.29, 0.717) is 13.1 Å². The van der Waals surface area contributed by atoms with Crippen LogP contribution in [-0.4, -0.2) is 34.4 Å². The standard InChI is InChI=1S/C13H19N3O/c1-13(2)5-8-15-9-12(17)16(13)10-11-3-6-14-7-4-11/h3-4,6-7,15H,5,8-10H2,1-2H3. The van der Waals surface area contributed by atoms with Crippen LogP contribution in [-0.2, 0) is 11.3 Å². The van der Waals surface area contributed by atoms with Crippen LogP contribution in [0.15, 0.2) is 24.5 Å². The third kappa shape index (κ3) is 2.82. The largest absolute Gasteiger partial charge is 0.332 e. The molecule has 4 heteroatoms. The maximum absolute atomic E-state index is 12.1. The van der Waals surface area contributed by atoms with E-state index in [-0.39, 0.29) is 11.4 Å². The molecule has 0 atom stereocenters. The zero-order chi connectivity index (χ0) is 12.3. The van der Waals surface area contributed by atoms with Crippen LogP contribution in [0, 0.1) is 0 Å². The van der Waals surface area contributed by atoms with Gasteiger partial charge in [-0.2, -0.15) is 0 Å². The first-order chi connectivity index (χ1) is 8.09. The molecule has 0 spiro atoms. The van der Waals surface area contributed by atoms with Crippen LogP contribution in [0.25, 0.3) is 0 Å². The van der Waals surface area contributed by atoms with Gasteiger partial charge in [0.1, 0.15) is 0 Å². The van der Waals surface area contributed by atoms with Crippen molar-refractivity contribution in [2.75, 3.05) is 13.1 Å². The molecular weight excluding hydrogens is 214 g/mol. The highest BCUT2D eigenvalue weighted by atomic mass is 16.2. The van der Waals surface area contributed by atoms with E-state index in [9.17, 15) is 4.79 Å². The molecule has 0 unspecified atom stereocenters. The topological polar surface area (TPSA) is 45.2 Å². The van der Waals surface area contributed by atoms with E-state index in [2.05, 4.69) is 24.1 Å². The van der Waals surface area contributed by atoms with Crippen molar-refractivity contribution in [3.8, 4) is 0 Å². The fraction of sp³-hybridized carbons (Fsp3) is 0.538. The second-order valence-corrected chi connectivity index (χ2v) is 5.07. The smallest absolute Gasteiger partial charge is 0.237 e. The SMILES string of the molecule is CC1(C)CCNCC(=O)N1Cc1ccncc1. The lowest BCUT2D eigenvalue weighted by Gasteiger charge is -2.37. The highest BCUT2D eigenvalue weighted by molar-refractivity contribution is 5.79. The van der Waals surface area contributed by atoms with Gasteiger partial charge in [-0.15, -0.1) is 0 Å². The van der Waals surface area contributed by atoms with Gasteiger partial charge >= 0.3 is 0 Å². The number of rotatable bonds is 2. The molecule has 0 saturated carbocycles. The van der Waals surface area contributed by atoms with Gasteiger partial charge in [0.25, 0.3) is 0 Å².